The van der Waals surface area contributed by atoms with Gasteiger partial charge >= 0.3 is 0 Å². The van der Waals surface area contributed by atoms with Gasteiger partial charge in [0.2, 0.25) is 5.91 Å². The highest BCUT2D eigenvalue weighted by Crippen LogP contribution is 2.28. The Hall–Kier alpha value is -1.82. The van der Waals surface area contributed by atoms with Crippen molar-refractivity contribution in [3.8, 4) is 5.75 Å². The van der Waals surface area contributed by atoms with Crippen molar-refractivity contribution in [3.05, 3.63) is 33.3 Å². The van der Waals surface area contributed by atoms with Gasteiger partial charge in [0.25, 0.3) is 5.69 Å². The minimum atomic E-state index is -0.520. The first-order valence-corrected chi connectivity index (χ1v) is 5.69. The first-order chi connectivity index (χ1) is 8.54. The van der Waals surface area contributed by atoms with Crippen LogP contribution in [0, 0.1) is 10.1 Å². The molecule has 18 heavy (non-hydrogen) atoms. The molecular weight excluding hydrogens is 260 g/mol. The summed E-state index contributed by atoms with van der Waals surface area (Å²) in [4.78, 5) is 21.0. The van der Waals surface area contributed by atoms with Gasteiger partial charge in [-0.3, -0.25) is 14.9 Å². The van der Waals surface area contributed by atoms with Crippen LogP contribution in [-0.2, 0) is 4.79 Å². The Morgan fingerprint density at radius 2 is 2.28 bits per heavy atom. The molecule has 0 saturated heterocycles. The fraction of sp³-hybridized carbons (Fsp3) is 0.364. The van der Waals surface area contributed by atoms with Gasteiger partial charge in [0, 0.05) is 19.5 Å². The summed E-state index contributed by atoms with van der Waals surface area (Å²) in [6.45, 7) is 0.272. The predicted molar refractivity (Wildman–Crippen MR) is 66.9 cm³/mol. The summed E-state index contributed by atoms with van der Waals surface area (Å²) in [5.41, 5.74) is -0.0827. The number of rotatable bonds is 6. The van der Waals surface area contributed by atoms with Crippen molar-refractivity contribution in [2.24, 2.45) is 0 Å². The van der Waals surface area contributed by atoms with Crippen LogP contribution in [0.5, 0.6) is 5.75 Å². The van der Waals surface area contributed by atoms with E-state index in [2.05, 4.69) is 5.32 Å². The third-order valence-electron chi connectivity index (χ3n) is 2.21. The molecule has 6 nitrogen and oxygen atoms in total. The van der Waals surface area contributed by atoms with Crippen LogP contribution in [0.4, 0.5) is 5.69 Å². The molecule has 7 heteroatoms. The number of carbonyl (C=O) groups is 1. The van der Waals surface area contributed by atoms with E-state index < -0.39 is 4.92 Å². The maximum absolute atomic E-state index is 11.0. The van der Waals surface area contributed by atoms with Crippen molar-refractivity contribution in [2.75, 3.05) is 13.7 Å². The molecular formula is C11H13ClN2O4. The SMILES string of the molecule is CNC(=O)CCCOc1cc([N+](=O)[O-])ccc1Cl. The van der Waals surface area contributed by atoms with E-state index in [1.807, 2.05) is 0 Å². The van der Waals surface area contributed by atoms with Crippen molar-refractivity contribution >= 4 is 23.2 Å². The molecule has 0 aromatic heterocycles. The number of hydrogen-bond acceptors (Lipinski definition) is 4. The quantitative estimate of drug-likeness (QED) is 0.489. The lowest BCUT2D eigenvalue weighted by Gasteiger charge is -2.07. The number of ether oxygens (including phenoxy) is 1. The van der Waals surface area contributed by atoms with Gasteiger partial charge in [-0.05, 0) is 12.5 Å². The lowest BCUT2D eigenvalue weighted by atomic mass is 10.3. The zero-order valence-corrected chi connectivity index (χ0v) is 10.6. The number of halogens is 1. The fourth-order valence-corrected chi connectivity index (χ4v) is 1.43. The molecule has 0 radical (unpaired) electrons. The van der Waals surface area contributed by atoms with Gasteiger partial charge in [-0.15, -0.1) is 0 Å². The minimum Gasteiger partial charge on any atom is -0.492 e. The summed E-state index contributed by atoms with van der Waals surface area (Å²) < 4.78 is 5.31. The number of nitro groups is 1. The predicted octanol–water partition coefficient (Wildman–Crippen LogP) is 2.15. The summed E-state index contributed by atoms with van der Waals surface area (Å²) >= 11 is 5.84. The summed E-state index contributed by atoms with van der Waals surface area (Å²) in [6, 6.07) is 3.98. The van der Waals surface area contributed by atoms with Crippen LogP contribution >= 0.6 is 11.6 Å². The summed E-state index contributed by atoms with van der Waals surface area (Å²) in [5.74, 6) is 0.173. The third-order valence-corrected chi connectivity index (χ3v) is 2.52. The molecule has 0 spiro atoms. The molecule has 0 bridgehead atoms. The zero-order chi connectivity index (χ0) is 13.5. The van der Waals surface area contributed by atoms with Crippen LogP contribution in [-0.4, -0.2) is 24.5 Å². The molecule has 0 aliphatic heterocycles. The molecule has 0 saturated carbocycles. The van der Waals surface area contributed by atoms with Crippen LogP contribution in [0.3, 0.4) is 0 Å². The molecule has 0 aliphatic rings. The van der Waals surface area contributed by atoms with E-state index in [1.54, 1.807) is 7.05 Å². The van der Waals surface area contributed by atoms with Crippen LogP contribution in [0.1, 0.15) is 12.8 Å². The number of nitrogens with zero attached hydrogens (tertiary/aromatic N) is 1. The van der Waals surface area contributed by atoms with Crippen molar-refractivity contribution in [3.63, 3.8) is 0 Å². The second-order valence-electron chi connectivity index (χ2n) is 3.50. The summed E-state index contributed by atoms with van der Waals surface area (Å²) in [5, 5.41) is 13.4. The Morgan fingerprint density at radius 3 is 2.89 bits per heavy atom. The topological polar surface area (TPSA) is 81.5 Å². The number of non-ortho nitro benzene ring substituents is 1. The van der Waals surface area contributed by atoms with Gasteiger partial charge in [-0.2, -0.15) is 0 Å². The second-order valence-corrected chi connectivity index (χ2v) is 3.90. The monoisotopic (exact) mass is 272 g/mol. The number of nitrogens with one attached hydrogen (secondary N) is 1. The standard InChI is InChI=1S/C11H13ClN2O4/c1-13-11(15)3-2-6-18-10-7-8(14(16)17)4-5-9(10)12/h4-5,7H,2-3,6H2,1H3,(H,13,15). The molecule has 1 rings (SSSR count). The first kappa shape index (κ1) is 14.2. The molecule has 0 fully saturated rings. The summed E-state index contributed by atoms with van der Waals surface area (Å²) in [7, 11) is 1.56. The molecule has 0 heterocycles. The van der Waals surface area contributed by atoms with E-state index >= 15 is 0 Å². The molecule has 1 N–H and O–H groups in total. The number of hydrogen-bond donors (Lipinski definition) is 1. The van der Waals surface area contributed by atoms with Crippen LogP contribution in [0.2, 0.25) is 5.02 Å². The van der Waals surface area contributed by atoms with Crippen molar-refractivity contribution in [2.45, 2.75) is 12.8 Å². The largest absolute Gasteiger partial charge is 0.492 e. The van der Waals surface area contributed by atoms with Crippen molar-refractivity contribution in [1.82, 2.24) is 5.32 Å². The lowest BCUT2D eigenvalue weighted by molar-refractivity contribution is -0.384. The highest BCUT2D eigenvalue weighted by Gasteiger charge is 2.10. The van der Waals surface area contributed by atoms with Crippen molar-refractivity contribution in [1.29, 1.82) is 0 Å². The molecule has 0 aliphatic carbocycles. The minimum absolute atomic E-state index is 0.0799. The molecule has 1 aromatic rings. The Morgan fingerprint density at radius 1 is 1.56 bits per heavy atom. The van der Waals surface area contributed by atoms with Crippen LogP contribution in [0.25, 0.3) is 0 Å². The smallest absolute Gasteiger partial charge is 0.273 e. The average Bonchev–Trinajstić information content (AvgIpc) is 2.35. The van der Waals surface area contributed by atoms with E-state index in [-0.39, 0.29) is 24.0 Å². The van der Waals surface area contributed by atoms with E-state index in [0.717, 1.165) is 0 Å². The normalized spacial score (nSPS) is 9.89. The maximum Gasteiger partial charge on any atom is 0.273 e. The van der Waals surface area contributed by atoms with Crippen LogP contribution < -0.4 is 10.1 Å². The first-order valence-electron chi connectivity index (χ1n) is 5.32. The number of carbonyl (C=O) groups excluding carboxylic acids is 1. The second kappa shape index (κ2) is 6.80. The van der Waals surface area contributed by atoms with Gasteiger partial charge in [0.15, 0.2) is 0 Å². The van der Waals surface area contributed by atoms with Gasteiger partial charge in [-0.1, -0.05) is 11.6 Å². The molecule has 0 unspecified atom stereocenters. The number of nitro benzene ring substituents is 1. The lowest BCUT2D eigenvalue weighted by Crippen LogP contribution is -2.18. The van der Waals surface area contributed by atoms with E-state index in [9.17, 15) is 14.9 Å². The highest BCUT2D eigenvalue weighted by atomic mass is 35.5. The molecule has 1 amide bonds. The Balaban J connectivity index is 2.53. The Bertz CT molecular complexity index is 451. The average molecular weight is 273 g/mol. The third kappa shape index (κ3) is 4.21. The van der Waals surface area contributed by atoms with Crippen LogP contribution in [0.15, 0.2) is 18.2 Å². The zero-order valence-electron chi connectivity index (χ0n) is 9.81. The van der Waals surface area contributed by atoms with Crippen molar-refractivity contribution < 1.29 is 14.5 Å². The van der Waals surface area contributed by atoms with E-state index in [0.29, 0.717) is 17.9 Å². The van der Waals surface area contributed by atoms with Gasteiger partial charge in [0.05, 0.1) is 22.6 Å². The Labute approximate surface area is 109 Å². The number of amides is 1. The summed E-state index contributed by atoms with van der Waals surface area (Å²) in [6.07, 6.45) is 0.849. The molecule has 0 atom stereocenters. The van der Waals surface area contributed by atoms with E-state index in [1.165, 1.54) is 18.2 Å². The van der Waals surface area contributed by atoms with Gasteiger partial charge in [0.1, 0.15) is 5.75 Å². The van der Waals surface area contributed by atoms with E-state index in [4.69, 9.17) is 16.3 Å². The fourth-order valence-electron chi connectivity index (χ4n) is 1.26. The number of benzene rings is 1. The van der Waals surface area contributed by atoms with Gasteiger partial charge < -0.3 is 10.1 Å². The Kier molecular flexibility index (Phi) is 5.38. The highest BCUT2D eigenvalue weighted by molar-refractivity contribution is 6.32. The maximum atomic E-state index is 11.0. The molecule has 1 aromatic carbocycles. The van der Waals surface area contributed by atoms with Gasteiger partial charge in [-0.25, -0.2) is 0 Å². The molecule has 98 valence electrons.